The van der Waals surface area contributed by atoms with Crippen molar-refractivity contribution in [3.8, 4) is 11.5 Å². The molecule has 0 aliphatic carbocycles. The van der Waals surface area contributed by atoms with Gasteiger partial charge in [-0.15, -0.1) is 0 Å². The smallest absolute Gasteiger partial charge is 0.426 e. The Hall–Kier alpha value is -0.270. The van der Waals surface area contributed by atoms with Crippen LogP contribution in [0.5, 0.6) is 11.5 Å². The molecular weight excluding hydrogens is 572 g/mol. The van der Waals surface area contributed by atoms with E-state index in [9.17, 15) is 21.6 Å². The van der Waals surface area contributed by atoms with E-state index in [-0.39, 0.29) is 9.86 Å². The number of fused-ring (bicyclic) bond motifs is 1. The second-order valence-corrected chi connectivity index (χ2v) is 7.60. The maximum atomic E-state index is 12.5. The molecule has 0 unspecified atom stereocenters. The zero-order valence-corrected chi connectivity index (χ0v) is 16.3. The van der Waals surface area contributed by atoms with Crippen LogP contribution in [0.25, 0.3) is 10.8 Å². The number of rotatable bonds is 3. The van der Waals surface area contributed by atoms with Crippen LogP contribution in [0.2, 0.25) is 0 Å². The molecule has 2 aromatic carbocycles. The molecule has 0 fully saturated rings. The van der Waals surface area contributed by atoms with Gasteiger partial charge in [0.25, 0.3) is 0 Å². The van der Waals surface area contributed by atoms with Crippen molar-refractivity contribution in [2.75, 3.05) is 0 Å². The Labute approximate surface area is 154 Å². The van der Waals surface area contributed by atoms with E-state index in [1.54, 1.807) is 29.1 Å². The largest absolute Gasteiger partial charge is 0.534 e. The van der Waals surface area contributed by atoms with Crippen LogP contribution in [0.4, 0.5) is 13.2 Å². The molecule has 0 saturated heterocycles. The van der Waals surface area contributed by atoms with Crippen molar-refractivity contribution in [2.45, 2.75) is 5.51 Å². The lowest BCUT2D eigenvalue weighted by Crippen LogP contribution is -2.28. The zero-order chi connectivity index (χ0) is 16.7. The van der Waals surface area contributed by atoms with Gasteiger partial charge < -0.3 is 7.25 Å². The molecule has 0 aromatic heterocycles. The summed E-state index contributed by atoms with van der Waals surface area (Å²) < 4.78 is 70.0. The molecule has 120 valence electrons. The lowest BCUT2D eigenvalue weighted by Gasteiger charge is -2.14. The maximum absolute atomic E-state index is 12.5. The van der Waals surface area contributed by atoms with Crippen LogP contribution in [0.3, 0.4) is 0 Å². The predicted octanol–water partition coefficient (Wildman–Crippen LogP) is 5.32. The number of hydrogen-bond acceptors (Lipinski definition) is 4. The fraction of sp³-hybridized carbons (Fsp3) is 0.0909. The van der Waals surface area contributed by atoms with E-state index in [2.05, 4.69) is 36.0 Å². The molecule has 0 amide bonds. The van der Waals surface area contributed by atoms with E-state index >= 15 is 0 Å². The number of benzene rings is 2. The molecule has 0 saturated carbocycles. The predicted molar refractivity (Wildman–Crippen MR) is 89.6 cm³/mol. The van der Waals surface area contributed by atoms with Crippen molar-refractivity contribution in [3.05, 3.63) is 33.2 Å². The van der Waals surface area contributed by atoms with Gasteiger partial charge >= 0.3 is 15.6 Å². The molecular formula is C11H4Br2F3IO4S. The highest BCUT2D eigenvalue weighted by molar-refractivity contribution is 14.1. The topological polar surface area (TPSA) is 52.6 Å². The Morgan fingerprint density at radius 3 is 1.86 bits per heavy atom. The van der Waals surface area contributed by atoms with Crippen LogP contribution in [0.1, 0.15) is 0 Å². The number of halogens is 6. The molecule has 2 rings (SSSR count). The molecule has 0 aliphatic rings. The monoisotopic (exact) mass is 574 g/mol. The van der Waals surface area contributed by atoms with Gasteiger partial charge in [0.2, 0.25) is 0 Å². The van der Waals surface area contributed by atoms with Crippen molar-refractivity contribution in [3.63, 3.8) is 0 Å². The Bertz CT molecular complexity index is 839. The van der Waals surface area contributed by atoms with Crippen LogP contribution in [-0.2, 0) is 10.1 Å². The molecule has 0 aliphatic heterocycles. The number of alkyl halides is 3. The van der Waals surface area contributed by atoms with Crippen LogP contribution < -0.4 is 7.25 Å². The van der Waals surface area contributed by atoms with Gasteiger partial charge in [-0.2, -0.15) is 21.6 Å². The summed E-state index contributed by atoms with van der Waals surface area (Å²) in [5.41, 5.74) is -5.52. The van der Waals surface area contributed by atoms with E-state index < -0.39 is 21.4 Å². The summed E-state index contributed by atoms with van der Waals surface area (Å²) in [7, 11) is -5.78. The van der Waals surface area contributed by atoms with Crippen molar-refractivity contribution in [1.29, 1.82) is 0 Å². The standard InChI is InChI=1S/C11H4Br2F3IO4S/c12-7-3-2-6-5(9(7)20-17)1-4-8(13)10(6)21-22(18,19)11(14,15)16/h1-4H. The van der Waals surface area contributed by atoms with Crippen LogP contribution >= 0.6 is 54.9 Å². The van der Waals surface area contributed by atoms with E-state index in [0.717, 1.165) is 0 Å². The molecule has 0 heterocycles. The Balaban J connectivity index is 2.72. The van der Waals surface area contributed by atoms with E-state index in [1.807, 2.05) is 0 Å². The zero-order valence-electron chi connectivity index (χ0n) is 10.1. The van der Waals surface area contributed by atoms with Gasteiger partial charge in [0.05, 0.1) is 8.95 Å². The van der Waals surface area contributed by atoms with Gasteiger partial charge in [-0.05, 0) is 56.1 Å². The quantitative estimate of drug-likeness (QED) is 0.282. The van der Waals surface area contributed by atoms with Crippen LogP contribution in [0, 0.1) is 0 Å². The average Bonchev–Trinajstić information content (AvgIpc) is 2.40. The third-order valence-electron chi connectivity index (χ3n) is 2.56. The van der Waals surface area contributed by atoms with Gasteiger partial charge in [0.15, 0.2) is 34.5 Å². The normalized spacial score (nSPS) is 12.5. The van der Waals surface area contributed by atoms with Crippen molar-refractivity contribution >= 4 is 75.8 Å². The minimum Gasteiger partial charge on any atom is -0.426 e. The summed E-state index contributed by atoms with van der Waals surface area (Å²) in [5, 5.41) is 0.538. The lowest BCUT2D eigenvalue weighted by atomic mass is 10.1. The van der Waals surface area contributed by atoms with Crippen molar-refractivity contribution in [1.82, 2.24) is 0 Å². The summed E-state index contributed by atoms with van der Waals surface area (Å²) >= 11 is 7.83. The Morgan fingerprint density at radius 1 is 0.955 bits per heavy atom. The van der Waals surface area contributed by atoms with Gasteiger partial charge in [-0.1, -0.05) is 0 Å². The molecule has 0 N–H and O–H groups in total. The van der Waals surface area contributed by atoms with E-state index in [0.29, 0.717) is 15.6 Å². The minimum atomic E-state index is -5.78. The first kappa shape index (κ1) is 18.1. The van der Waals surface area contributed by atoms with Crippen molar-refractivity contribution in [2.24, 2.45) is 0 Å². The van der Waals surface area contributed by atoms with Gasteiger partial charge in [0.1, 0.15) is 0 Å². The molecule has 2 aromatic rings. The second kappa shape index (κ2) is 6.32. The minimum absolute atomic E-state index is 0.0644. The first-order valence-corrected chi connectivity index (χ1v) is 9.16. The highest BCUT2D eigenvalue weighted by Gasteiger charge is 2.49. The molecule has 4 nitrogen and oxygen atoms in total. The molecule has 0 atom stereocenters. The van der Waals surface area contributed by atoms with Gasteiger partial charge in [-0.25, -0.2) is 0 Å². The fourth-order valence-electron chi connectivity index (χ4n) is 1.62. The van der Waals surface area contributed by atoms with E-state index in [4.69, 9.17) is 3.07 Å². The maximum Gasteiger partial charge on any atom is 0.534 e. The lowest BCUT2D eigenvalue weighted by molar-refractivity contribution is -0.0499. The summed E-state index contributed by atoms with van der Waals surface area (Å²) in [4.78, 5) is 0. The fourth-order valence-corrected chi connectivity index (χ4v) is 3.85. The van der Waals surface area contributed by atoms with Crippen LogP contribution in [0.15, 0.2) is 33.2 Å². The summed E-state index contributed by atoms with van der Waals surface area (Å²) in [6, 6.07) is 5.86. The third kappa shape index (κ3) is 3.31. The van der Waals surface area contributed by atoms with Crippen LogP contribution in [-0.4, -0.2) is 13.9 Å². The van der Waals surface area contributed by atoms with Gasteiger partial charge in [-0.3, -0.25) is 0 Å². The Kier molecular flexibility index (Phi) is 5.19. The first-order valence-electron chi connectivity index (χ1n) is 5.28. The van der Waals surface area contributed by atoms with E-state index in [1.165, 1.54) is 18.2 Å². The molecule has 0 bridgehead atoms. The summed E-state index contributed by atoms with van der Waals surface area (Å²) in [5.74, 6) is -0.128. The summed E-state index contributed by atoms with van der Waals surface area (Å²) in [6.07, 6.45) is 0. The molecule has 22 heavy (non-hydrogen) atoms. The number of hydrogen-bond donors (Lipinski definition) is 0. The van der Waals surface area contributed by atoms with Gasteiger partial charge in [0, 0.05) is 10.8 Å². The first-order chi connectivity index (χ1) is 10.1. The Morgan fingerprint density at radius 2 is 1.41 bits per heavy atom. The molecule has 11 heteroatoms. The average molecular weight is 576 g/mol. The molecule has 0 spiro atoms. The second-order valence-electron chi connectivity index (χ2n) is 3.91. The van der Waals surface area contributed by atoms with Crippen molar-refractivity contribution < 1.29 is 28.8 Å². The highest BCUT2D eigenvalue weighted by atomic mass is 127. The third-order valence-corrected chi connectivity index (χ3v) is 5.20. The molecule has 0 radical (unpaired) electrons. The SMILES string of the molecule is O=S(=O)(Oc1c(Br)ccc2c(OI)c(Br)ccc12)C(F)(F)F. The highest BCUT2D eigenvalue weighted by Crippen LogP contribution is 2.43. The summed E-state index contributed by atoms with van der Waals surface area (Å²) in [6.45, 7) is 0.